The van der Waals surface area contributed by atoms with Gasteiger partial charge in [0.15, 0.2) is 0 Å². The fraction of sp³-hybridized carbons (Fsp3) is 1.00. The number of rotatable bonds is 4. The molecule has 0 rings (SSSR count). The fourth-order valence-electron chi connectivity index (χ4n) is 0.725. The van der Waals surface area contributed by atoms with Gasteiger partial charge in [-0.1, -0.05) is 37.2 Å². The highest BCUT2D eigenvalue weighted by Gasteiger charge is 2.10. The molecular weight excluding hydrogens is 142 g/mol. The Hall–Kier alpha value is -0.473. The summed E-state index contributed by atoms with van der Waals surface area (Å²) in [5.74, 6) is 0. The minimum atomic E-state index is -0.891. The van der Waals surface area contributed by atoms with Crippen molar-refractivity contribution in [2.45, 2.75) is 32.1 Å². The van der Waals surface area contributed by atoms with Crippen LogP contribution in [0.5, 0.6) is 0 Å². The lowest BCUT2D eigenvalue weighted by atomic mass is 10.5. The predicted molar refractivity (Wildman–Crippen MR) is 46.8 cm³/mol. The first-order chi connectivity index (χ1) is 4.56. The normalized spacial score (nSPS) is 10.7. The summed E-state index contributed by atoms with van der Waals surface area (Å²) in [5.41, 5.74) is 7.97. The molecule has 0 fully saturated rings. The number of azide groups is 1. The fourth-order valence-corrected chi connectivity index (χ4v) is 1.94. The van der Waals surface area contributed by atoms with Crippen LogP contribution in [-0.4, -0.2) is 14.6 Å². The molecule has 0 amide bonds. The maximum atomic E-state index is 7.97. The van der Waals surface area contributed by atoms with Gasteiger partial charge in [0.2, 0.25) is 0 Å². The Bertz CT molecular complexity index is 132. The summed E-state index contributed by atoms with van der Waals surface area (Å²) in [6, 6.07) is 1.26. The molecule has 0 heterocycles. The molecule has 0 aliphatic heterocycles. The highest BCUT2D eigenvalue weighted by atomic mass is 28.3. The highest BCUT2D eigenvalue weighted by Crippen LogP contribution is 2.10. The van der Waals surface area contributed by atoms with E-state index in [4.69, 9.17) is 5.53 Å². The van der Waals surface area contributed by atoms with Crippen molar-refractivity contribution < 1.29 is 0 Å². The molecule has 0 unspecified atom stereocenters. The summed E-state index contributed by atoms with van der Waals surface area (Å²) < 4.78 is 0. The van der Waals surface area contributed by atoms with Gasteiger partial charge in [-0.15, -0.1) is 0 Å². The van der Waals surface area contributed by atoms with Gasteiger partial charge in [-0.25, -0.2) is 0 Å². The van der Waals surface area contributed by atoms with Crippen molar-refractivity contribution in [1.29, 1.82) is 0 Å². The second-order valence-electron chi connectivity index (χ2n) is 3.62. The molecule has 0 radical (unpaired) electrons. The van der Waals surface area contributed by atoms with Gasteiger partial charge in [-0.05, 0) is 5.53 Å². The first-order valence-corrected chi connectivity index (χ1v) is 7.28. The quantitative estimate of drug-likeness (QED) is 0.198. The SMILES string of the molecule is C[Si](C)(C)CCCN=[N+]=[N-]. The Morgan fingerprint density at radius 3 is 2.40 bits per heavy atom. The molecule has 0 N–H and O–H groups in total. The molecule has 0 saturated carbocycles. The monoisotopic (exact) mass is 157 g/mol. The van der Waals surface area contributed by atoms with Gasteiger partial charge < -0.3 is 0 Å². The average molecular weight is 157 g/mol. The second-order valence-corrected chi connectivity index (χ2v) is 9.24. The van der Waals surface area contributed by atoms with E-state index < -0.39 is 8.07 Å². The van der Waals surface area contributed by atoms with E-state index >= 15 is 0 Å². The van der Waals surface area contributed by atoms with Crippen LogP contribution in [0.1, 0.15) is 6.42 Å². The van der Waals surface area contributed by atoms with Gasteiger partial charge in [0, 0.05) is 19.5 Å². The Morgan fingerprint density at radius 1 is 1.40 bits per heavy atom. The van der Waals surface area contributed by atoms with Gasteiger partial charge in [-0.2, -0.15) is 0 Å². The zero-order valence-corrected chi connectivity index (χ0v) is 7.96. The molecule has 0 aliphatic rings. The van der Waals surface area contributed by atoms with Gasteiger partial charge >= 0.3 is 0 Å². The zero-order chi connectivity index (χ0) is 8.04. The summed E-state index contributed by atoms with van der Waals surface area (Å²) in [7, 11) is -0.891. The standard InChI is InChI=1S/C6H15N3Si/c1-10(2,3)6-4-5-8-9-7/h4-6H2,1-3H3. The summed E-state index contributed by atoms with van der Waals surface area (Å²) in [5, 5.41) is 3.48. The van der Waals surface area contributed by atoms with E-state index in [0.29, 0.717) is 6.54 Å². The smallest absolute Gasteiger partial charge is 0.0442 e. The van der Waals surface area contributed by atoms with Gasteiger partial charge in [0.25, 0.3) is 0 Å². The van der Waals surface area contributed by atoms with Crippen LogP contribution in [0.2, 0.25) is 25.7 Å². The van der Waals surface area contributed by atoms with Crippen LogP contribution >= 0.6 is 0 Å². The third-order valence-electron chi connectivity index (χ3n) is 1.25. The van der Waals surface area contributed by atoms with Crippen molar-refractivity contribution in [3.05, 3.63) is 10.4 Å². The molecule has 58 valence electrons. The number of nitrogens with zero attached hydrogens (tertiary/aromatic N) is 3. The molecule has 10 heavy (non-hydrogen) atoms. The molecule has 0 aromatic heterocycles. The van der Waals surface area contributed by atoms with E-state index in [0.717, 1.165) is 6.42 Å². The van der Waals surface area contributed by atoms with Crippen molar-refractivity contribution in [3.63, 3.8) is 0 Å². The topological polar surface area (TPSA) is 48.8 Å². The molecule has 0 aromatic rings. The third kappa shape index (κ3) is 7.53. The van der Waals surface area contributed by atoms with Crippen LogP contribution in [0.3, 0.4) is 0 Å². The van der Waals surface area contributed by atoms with Gasteiger partial charge in [-0.3, -0.25) is 0 Å². The van der Waals surface area contributed by atoms with E-state index in [-0.39, 0.29) is 0 Å². The maximum absolute atomic E-state index is 7.97. The molecule has 3 nitrogen and oxygen atoms in total. The molecule has 0 aromatic carbocycles. The lowest BCUT2D eigenvalue weighted by Gasteiger charge is -2.13. The van der Waals surface area contributed by atoms with Crippen LogP contribution in [0.25, 0.3) is 10.4 Å². The molecule has 0 spiro atoms. The Labute approximate surface area is 63.1 Å². The summed E-state index contributed by atoms with van der Waals surface area (Å²) >= 11 is 0. The van der Waals surface area contributed by atoms with E-state index in [9.17, 15) is 0 Å². The Kier molecular flexibility index (Phi) is 4.15. The summed E-state index contributed by atoms with van der Waals surface area (Å²) in [4.78, 5) is 2.70. The van der Waals surface area contributed by atoms with Crippen molar-refractivity contribution in [1.82, 2.24) is 0 Å². The molecule has 0 aliphatic carbocycles. The predicted octanol–water partition coefficient (Wildman–Crippen LogP) is 3.03. The summed E-state index contributed by atoms with van der Waals surface area (Å²) in [6.07, 6.45) is 1.06. The lowest BCUT2D eigenvalue weighted by Crippen LogP contribution is -2.18. The minimum Gasteiger partial charge on any atom is -0.0940 e. The van der Waals surface area contributed by atoms with Crippen molar-refractivity contribution in [3.8, 4) is 0 Å². The van der Waals surface area contributed by atoms with E-state index in [2.05, 4.69) is 29.7 Å². The van der Waals surface area contributed by atoms with E-state index in [1.165, 1.54) is 6.04 Å². The van der Waals surface area contributed by atoms with Crippen molar-refractivity contribution in [2.75, 3.05) is 6.54 Å². The van der Waals surface area contributed by atoms with Gasteiger partial charge in [0.1, 0.15) is 0 Å². The highest BCUT2D eigenvalue weighted by molar-refractivity contribution is 6.76. The first-order valence-electron chi connectivity index (χ1n) is 3.57. The van der Waals surface area contributed by atoms with Crippen LogP contribution < -0.4 is 0 Å². The minimum absolute atomic E-state index is 0.667. The second kappa shape index (κ2) is 4.36. The molecule has 0 bridgehead atoms. The van der Waals surface area contributed by atoms with Crippen LogP contribution in [0.15, 0.2) is 5.11 Å². The van der Waals surface area contributed by atoms with Gasteiger partial charge in [0.05, 0.1) is 0 Å². The van der Waals surface area contributed by atoms with Crippen LogP contribution in [-0.2, 0) is 0 Å². The Balaban J connectivity index is 3.28. The van der Waals surface area contributed by atoms with Crippen molar-refractivity contribution in [2.24, 2.45) is 5.11 Å². The first kappa shape index (κ1) is 9.53. The van der Waals surface area contributed by atoms with Crippen LogP contribution in [0, 0.1) is 0 Å². The third-order valence-corrected chi connectivity index (χ3v) is 3.10. The molecule has 4 heteroatoms. The van der Waals surface area contributed by atoms with E-state index in [1.54, 1.807) is 0 Å². The molecule has 0 saturated heterocycles. The van der Waals surface area contributed by atoms with Crippen molar-refractivity contribution >= 4 is 8.07 Å². The van der Waals surface area contributed by atoms with E-state index in [1.807, 2.05) is 0 Å². The molecular formula is C6H15N3Si. The Morgan fingerprint density at radius 2 is 2.00 bits per heavy atom. The average Bonchev–Trinajstić information content (AvgIpc) is 1.78. The summed E-state index contributed by atoms with van der Waals surface area (Å²) in [6.45, 7) is 7.63. The van der Waals surface area contributed by atoms with Crippen LogP contribution in [0.4, 0.5) is 0 Å². The zero-order valence-electron chi connectivity index (χ0n) is 6.96. The largest absolute Gasteiger partial charge is 0.0940 e. The molecule has 0 atom stereocenters. The number of hydrogen-bond acceptors (Lipinski definition) is 1. The lowest BCUT2D eigenvalue weighted by molar-refractivity contribution is 0.903. The maximum Gasteiger partial charge on any atom is 0.0442 e. The number of hydrogen-bond donors (Lipinski definition) is 0.